The van der Waals surface area contributed by atoms with E-state index in [9.17, 15) is 0 Å². The minimum Gasteiger partial charge on any atom is -0.383 e. The Hall–Kier alpha value is -0.870. The summed E-state index contributed by atoms with van der Waals surface area (Å²) in [5.41, 5.74) is 0.862. The Labute approximate surface area is 95.2 Å². The molecule has 0 saturated carbocycles. The molecule has 0 saturated heterocycles. The van der Waals surface area contributed by atoms with Crippen molar-refractivity contribution in [2.24, 2.45) is 0 Å². The van der Waals surface area contributed by atoms with E-state index in [0.717, 1.165) is 11.5 Å². The number of likely N-dealkylation sites (N-methyl/N-ethyl adjacent to an activating group) is 1. The first kappa shape index (κ1) is 12.2. The van der Waals surface area contributed by atoms with Crippen LogP contribution in [-0.2, 0) is 4.74 Å². The fourth-order valence-corrected chi connectivity index (χ4v) is 1.50. The van der Waals surface area contributed by atoms with Crippen LogP contribution < -0.4 is 4.90 Å². The Morgan fingerprint density at radius 2 is 2.20 bits per heavy atom. The number of halogens is 1. The topological polar surface area (TPSA) is 38.2 Å². The highest BCUT2D eigenvalue weighted by atomic mass is 35.5. The molecular weight excluding hydrogens is 214 g/mol. The van der Waals surface area contributed by atoms with E-state index < -0.39 is 0 Å². The van der Waals surface area contributed by atoms with Gasteiger partial charge in [-0.15, -0.1) is 0 Å². The molecule has 1 atom stereocenters. The second kappa shape index (κ2) is 5.28. The van der Waals surface area contributed by atoms with Gasteiger partial charge in [-0.3, -0.25) is 0 Å². The van der Waals surface area contributed by atoms with Crippen LogP contribution >= 0.6 is 11.6 Å². The van der Waals surface area contributed by atoms with Gasteiger partial charge in [0.15, 0.2) is 0 Å². The summed E-state index contributed by atoms with van der Waals surface area (Å²) in [7, 11) is 3.64. The van der Waals surface area contributed by atoms with Crippen LogP contribution in [-0.4, -0.2) is 36.8 Å². The Morgan fingerprint density at radius 1 is 1.53 bits per heavy atom. The molecular formula is C10H16ClN3O. The van der Waals surface area contributed by atoms with Gasteiger partial charge in [0.1, 0.15) is 5.82 Å². The first-order valence-corrected chi connectivity index (χ1v) is 5.15. The third-order valence-electron chi connectivity index (χ3n) is 2.24. The fraction of sp³-hybridized carbons (Fsp3) is 0.600. The molecule has 0 aliphatic carbocycles. The largest absolute Gasteiger partial charge is 0.383 e. The van der Waals surface area contributed by atoms with Crippen molar-refractivity contribution in [3.05, 3.63) is 17.0 Å². The fourth-order valence-electron chi connectivity index (χ4n) is 1.28. The maximum Gasteiger partial charge on any atom is 0.224 e. The molecule has 1 aromatic heterocycles. The van der Waals surface area contributed by atoms with Crippen molar-refractivity contribution in [1.82, 2.24) is 9.97 Å². The second-order valence-electron chi connectivity index (χ2n) is 3.55. The number of aryl methyl sites for hydroxylation is 1. The molecule has 4 nitrogen and oxygen atoms in total. The van der Waals surface area contributed by atoms with E-state index in [1.807, 2.05) is 24.9 Å². The van der Waals surface area contributed by atoms with Crippen molar-refractivity contribution in [1.29, 1.82) is 0 Å². The molecule has 0 bridgehead atoms. The Morgan fingerprint density at radius 3 is 2.73 bits per heavy atom. The van der Waals surface area contributed by atoms with Crippen molar-refractivity contribution in [3.63, 3.8) is 0 Å². The third-order valence-corrected chi connectivity index (χ3v) is 2.41. The first-order chi connectivity index (χ1) is 7.04. The molecule has 15 heavy (non-hydrogen) atoms. The van der Waals surface area contributed by atoms with E-state index in [1.54, 1.807) is 7.11 Å². The molecule has 84 valence electrons. The van der Waals surface area contributed by atoms with Crippen LogP contribution in [0.2, 0.25) is 5.28 Å². The van der Waals surface area contributed by atoms with E-state index in [0.29, 0.717) is 6.61 Å². The third kappa shape index (κ3) is 3.32. The molecule has 0 aromatic carbocycles. The zero-order chi connectivity index (χ0) is 11.4. The number of ether oxygens (including phenoxy) is 1. The van der Waals surface area contributed by atoms with Gasteiger partial charge in [-0.25, -0.2) is 9.97 Å². The smallest absolute Gasteiger partial charge is 0.224 e. The van der Waals surface area contributed by atoms with Gasteiger partial charge in [-0.2, -0.15) is 0 Å². The maximum atomic E-state index is 5.80. The number of aromatic nitrogens is 2. The molecule has 0 amide bonds. The molecule has 1 rings (SSSR count). The molecule has 0 aliphatic heterocycles. The molecule has 1 heterocycles. The van der Waals surface area contributed by atoms with E-state index in [4.69, 9.17) is 16.3 Å². The molecule has 1 unspecified atom stereocenters. The van der Waals surface area contributed by atoms with Gasteiger partial charge in [-0.1, -0.05) is 0 Å². The van der Waals surface area contributed by atoms with Crippen LogP contribution in [0.1, 0.15) is 12.6 Å². The van der Waals surface area contributed by atoms with Crippen LogP contribution in [0.4, 0.5) is 5.82 Å². The summed E-state index contributed by atoms with van der Waals surface area (Å²) in [5.74, 6) is 0.817. The first-order valence-electron chi connectivity index (χ1n) is 4.77. The van der Waals surface area contributed by atoms with Gasteiger partial charge in [0.25, 0.3) is 0 Å². The molecule has 0 N–H and O–H groups in total. The van der Waals surface area contributed by atoms with Gasteiger partial charge in [0.2, 0.25) is 5.28 Å². The molecule has 0 fully saturated rings. The van der Waals surface area contributed by atoms with Crippen molar-refractivity contribution in [3.8, 4) is 0 Å². The predicted octanol–water partition coefficient (Wildman–Crippen LogP) is 1.91. The summed E-state index contributed by atoms with van der Waals surface area (Å²) in [5, 5.41) is 0.279. The summed E-state index contributed by atoms with van der Waals surface area (Å²) in [6, 6.07) is 2.15. The quantitative estimate of drug-likeness (QED) is 0.740. The summed E-state index contributed by atoms with van der Waals surface area (Å²) in [4.78, 5) is 10.2. The minimum atomic E-state index is 0.250. The van der Waals surface area contributed by atoms with Gasteiger partial charge < -0.3 is 9.64 Å². The second-order valence-corrected chi connectivity index (χ2v) is 3.89. The molecule has 0 radical (unpaired) electrons. The van der Waals surface area contributed by atoms with Crippen molar-refractivity contribution < 1.29 is 4.74 Å². The van der Waals surface area contributed by atoms with Crippen molar-refractivity contribution in [2.45, 2.75) is 19.9 Å². The van der Waals surface area contributed by atoms with E-state index in [-0.39, 0.29) is 11.3 Å². The van der Waals surface area contributed by atoms with Gasteiger partial charge in [-0.05, 0) is 25.4 Å². The lowest BCUT2D eigenvalue weighted by atomic mass is 10.3. The van der Waals surface area contributed by atoms with Crippen LogP contribution in [0.25, 0.3) is 0 Å². The lowest BCUT2D eigenvalue weighted by Crippen LogP contribution is -2.33. The Balaban J connectivity index is 2.85. The zero-order valence-corrected chi connectivity index (χ0v) is 10.2. The SMILES string of the molecule is COCC(C)N(C)c1cc(C)nc(Cl)n1. The van der Waals surface area contributed by atoms with Crippen LogP contribution in [0.3, 0.4) is 0 Å². The van der Waals surface area contributed by atoms with Gasteiger partial charge in [0.05, 0.1) is 12.6 Å². The maximum absolute atomic E-state index is 5.80. The van der Waals surface area contributed by atoms with Crippen LogP contribution in [0, 0.1) is 6.92 Å². The number of anilines is 1. The number of hydrogen-bond acceptors (Lipinski definition) is 4. The summed E-state index contributed by atoms with van der Waals surface area (Å²) < 4.78 is 5.09. The summed E-state index contributed by atoms with van der Waals surface area (Å²) >= 11 is 5.80. The Bertz CT molecular complexity index is 312. The minimum absolute atomic E-state index is 0.250. The number of nitrogens with zero attached hydrogens (tertiary/aromatic N) is 3. The molecule has 0 spiro atoms. The lowest BCUT2D eigenvalue weighted by Gasteiger charge is -2.25. The van der Waals surface area contributed by atoms with Gasteiger partial charge in [0, 0.05) is 25.9 Å². The van der Waals surface area contributed by atoms with Crippen molar-refractivity contribution in [2.75, 3.05) is 25.7 Å². The predicted molar refractivity (Wildman–Crippen MR) is 61.5 cm³/mol. The molecule has 1 aromatic rings. The molecule has 0 aliphatic rings. The highest BCUT2D eigenvalue weighted by molar-refractivity contribution is 6.28. The van der Waals surface area contributed by atoms with Crippen molar-refractivity contribution >= 4 is 17.4 Å². The average molecular weight is 230 g/mol. The van der Waals surface area contributed by atoms with E-state index in [1.165, 1.54) is 0 Å². The van der Waals surface area contributed by atoms with Crippen LogP contribution in [0.5, 0.6) is 0 Å². The number of rotatable bonds is 4. The average Bonchev–Trinajstić information content (AvgIpc) is 2.15. The summed E-state index contributed by atoms with van der Waals surface area (Å²) in [6.45, 7) is 4.61. The number of methoxy groups -OCH3 is 1. The lowest BCUT2D eigenvalue weighted by molar-refractivity contribution is 0.183. The van der Waals surface area contributed by atoms with Crippen LogP contribution in [0.15, 0.2) is 6.07 Å². The normalized spacial score (nSPS) is 12.6. The van der Waals surface area contributed by atoms with E-state index >= 15 is 0 Å². The standard InChI is InChI=1S/C10H16ClN3O/c1-7-5-9(13-10(11)12-7)14(3)8(2)6-15-4/h5,8H,6H2,1-4H3. The Kier molecular flexibility index (Phi) is 4.29. The highest BCUT2D eigenvalue weighted by Crippen LogP contribution is 2.15. The monoisotopic (exact) mass is 229 g/mol. The highest BCUT2D eigenvalue weighted by Gasteiger charge is 2.12. The van der Waals surface area contributed by atoms with E-state index in [2.05, 4.69) is 16.9 Å². The zero-order valence-electron chi connectivity index (χ0n) is 9.49. The van der Waals surface area contributed by atoms with Gasteiger partial charge >= 0.3 is 0 Å². The molecule has 5 heteroatoms. The number of hydrogen-bond donors (Lipinski definition) is 0. The summed E-state index contributed by atoms with van der Waals surface area (Å²) in [6.07, 6.45) is 0.